The number of rotatable bonds is 31. The van der Waals surface area contributed by atoms with Crippen LogP contribution in [0.3, 0.4) is 0 Å². The molecule has 46 heavy (non-hydrogen) atoms. The summed E-state index contributed by atoms with van der Waals surface area (Å²) < 4.78 is 0. The van der Waals surface area contributed by atoms with Gasteiger partial charge in [0.1, 0.15) is 0 Å². The third kappa shape index (κ3) is 24.9. The molecule has 0 unspecified atom stereocenters. The van der Waals surface area contributed by atoms with Crippen molar-refractivity contribution < 1.29 is 40.0 Å². The molecule has 270 valence electrons. The van der Waals surface area contributed by atoms with Gasteiger partial charge in [0.2, 0.25) is 23.6 Å². The van der Waals surface area contributed by atoms with Crippen LogP contribution in [0.25, 0.3) is 0 Å². The zero-order valence-corrected chi connectivity index (χ0v) is 29.0. The summed E-state index contributed by atoms with van der Waals surface area (Å²) in [5.74, 6) is -1.02. The summed E-state index contributed by atoms with van der Waals surface area (Å²) in [7, 11) is 0. The lowest BCUT2D eigenvalue weighted by Gasteiger charge is -2.16. The Labute approximate surface area is 277 Å². The maximum atomic E-state index is 12.1. The molecule has 4 N–H and O–H groups in total. The van der Waals surface area contributed by atoms with Gasteiger partial charge in [0.15, 0.2) is 0 Å². The van der Waals surface area contributed by atoms with Crippen LogP contribution in [-0.2, 0) is 19.2 Å². The van der Waals surface area contributed by atoms with Gasteiger partial charge in [0.05, 0.1) is 0 Å². The summed E-state index contributed by atoms with van der Waals surface area (Å²) >= 11 is 0. The predicted octanol–water partition coefficient (Wildman–Crippen LogP) is 7.26. The molecule has 0 aromatic carbocycles. The summed E-state index contributed by atoms with van der Waals surface area (Å²) in [6.07, 6.45) is 18.1. The zero-order valence-electron chi connectivity index (χ0n) is 29.0. The molecule has 0 aliphatic heterocycles. The number of hydrogen-bond acceptors (Lipinski definition) is 8. The second-order valence-corrected chi connectivity index (χ2v) is 12.4. The highest BCUT2D eigenvalue weighted by atomic mass is 16.5. The van der Waals surface area contributed by atoms with Crippen molar-refractivity contribution >= 4 is 23.6 Å². The van der Waals surface area contributed by atoms with E-state index in [2.05, 4.69) is 6.92 Å². The van der Waals surface area contributed by atoms with Crippen LogP contribution in [0.1, 0.15) is 168 Å². The highest BCUT2D eigenvalue weighted by Gasteiger charge is 2.13. The minimum atomic E-state index is -0.282. The highest BCUT2D eigenvalue weighted by molar-refractivity contribution is 5.75. The van der Waals surface area contributed by atoms with Gasteiger partial charge in [-0.25, -0.2) is 20.3 Å². The molecular formula is C34H66N4O8. The molecule has 0 heterocycles. The van der Waals surface area contributed by atoms with E-state index in [4.69, 9.17) is 0 Å². The van der Waals surface area contributed by atoms with Crippen LogP contribution in [0.2, 0.25) is 0 Å². The Morgan fingerprint density at radius 2 is 0.565 bits per heavy atom. The Morgan fingerprint density at radius 1 is 0.326 bits per heavy atom. The van der Waals surface area contributed by atoms with Gasteiger partial charge in [-0.05, 0) is 51.4 Å². The maximum absolute atomic E-state index is 12.1. The second kappa shape index (κ2) is 30.1. The van der Waals surface area contributed by atoms with Gasteiger partial charge in [0.25, 0.3) is 0 Å². The number of carbonyl (C=O) groups is 4. The maximum Gasteiger partial charge on any atom is 0.245 e. The van der Waals surface area contributed by atoms with E-state index in [0.29, 0.717) is 77.4 Å². The molecule has 12 heteroatoms. The van der Waals surface area contributed by atoms with Crippen molar-refractivity contribution in [3.8, 4) is 0 Å². The van der Waals surface area contributed by atoms with E-state index in [1.807, 2.05) is 6.92 Å². The van der Waals surface area contributed by atoms with Crippen LogP contribution in [0.15, 0.2) is 0 Å². The number of unbranched alkanes of at least 4 members (excludes halogenated alkanes) is 15. The zero-order chi connectivity index (χ0) is 34.4. The first kappa shape index (κ1) is 43.7. The van der Waals surface area contributed by atoms with E-state index < -0.39 is 0 Å². The fourth-order valence-electron chi connectivity index (χ4n) is 5.13. The molecule has 12 nitrogen and oxygen atoms in total. The lowest BCUT2D eigenvalue weighted by atomic mass is 10.1. The van der Waals surface area contributed by atoms with Crippen LogP contribution < -0.4 is 0 Å². The van der Waals surface area contributed by atoms with Crippen molar-refractivity contribution in [1.82, 2.24) is 20.3 Å². The summed E-state index contributed by atoms with van der Waals surface area (Å²) in [6.45, 7) is 5.29. The number of hydrogen-bond donors (Lipinski definition) is 4. The van der Waals surface area contributed by atoms with Gasteiger partial charge >= 0.3 is 0 Å². The first-order valence-electron chi connectivity index (χ1n) is 18.1. The van der Waals surface area contributed by atoms with E-state index in [1.165, 1.54) is 0 Å². The van der Waals surface area contributed by atoms with Gasteiger partial charge in [0, 0.05) is 51.9 Å². The molecule has 0 atom stereocenters. The smallest absolute Gasteiger partial charge is 0.245 e. The van der Waals surface area contributed by atoms with Crippen LogP contribution in [0.5, 0.6) is 0 Å². The molecule has 0 rings (SSSR count). The van der Waals surface area contributed by atoms with Gasteiger partial charge in [-0.15, -0.1) is 0 Å². The molecule has 0 saturated heterocycles. The van der Waals surface area contributed by atoms with E-state index in [1.54, 1.807) is 0 Å². The first-order chi connectivity index (χ1) is 22.1. The number of nitrogens with zero attached hydrogens (tertiary/aromatic N) is 4. The minimum Gasteiger partial charge on any atom is -0.286 e. The topological polar surface area (TPSA) is 162 Å². The molecule has 0 saturated carbocycles. The largest absolute Gasteiger partial charge is 0.286 e. The van der Waals surface area contributed by atoms with Gasteiger partial charge in [-0.3, -0.25) is 40.0 Å². The standard InChI is InChI=1S/C34H66N4O8/c1-3-5-6-16-23-32(40)36(44)28-20-14-8-11-18-25-34(42)38(46)30-22-15-9-12-19-26-33(41)37(45)29-21-13-7-10-17-24-31(39)35(43)27-4-2/h43-46H,3-30H2,1-2H3. The van der Waals surface area contributed by atoms with E-state index in [0.717, 1.165) is 110 Å². The number of hydroxylamine groups is 8. The minimum absolute atomic E-state index is 0.213. The second-order valence-electron chi connectivity index (χ2n) is 12.4. The van der Waals surface area contributed by atoms with Crippen molar-refractivity contribution in [1.29, 1.82) is 0 Å². The third-order valence-corrected chi connectivity index (χ3v) is 8.11. The van der Waals surface area contributed by atoms with Crippen LogP contribution >= 0.6 is 0 Å². The van der Waals surface area contributed by atoms with Gasteiger partial charge in [-0.1, -0.05) is 90.9 Å². The Bertz CT molecular complexity index is 801. The SMILES string of the molecule is CCCCCCC(=O)N(O)CCCCCCCC(=O)N(O)CCCCCCCC(=O)N(O)CCCCCCCC(=O)N(O)CCC. The molecule has 0 aliphatic carbocycles. The molecular weight excluding hydrogens is 592 g/mol. The lowest BCUT2D eigenvalue weighted by molar-refractivity contribution is -0.166. The lowest BCUT2D eigenvalue weighted by Crippen LogP contribution is -2.28. The average molecular weight is 659 g/mol. The fourth-order valence-corrected chi connectivity index (χ4v) is 5.13. The van der Waals surface area contributed by atoms with E-state index in [9.17, 15) is 40.0 Å². The predicted molar refractivity (Wildman–Crippen MR) is 176 cm³/mol. The van der Waals surface area contributed by atoms with Crippen LogP contribution in [0.4, 0.5) is 0 Å². The third-order valence-electron chi connectivity index (χ3n) is 8.11. The Hall–Kier alpha value is -2.28. The molecule has 0 aliphatic rings. The van der Waals surface area contributed by atoms with Crippen molar-refractivity contribution in [3.63, 3.8) is 0 Å². The van der Waals surface area contributed by atoms with Crippen LogP contribution in [-0.4, -0.2) is 90.9 Å². The number of amides is 4. The normalized spacial score (nSPS) is 11.0. The van der Waals surface area contributed by atoms with E-state index in [-0.39, 0.29) is 36.6 Å². The van der Waals surface area contributed by atoms with Crippen LogP contribution in [0, 0.1) is 0 Å². The summed E-state index contributed by atoms with van der Waals surface area (Å²) in [6, 6.07) is 0. The molecule has 4 amide bonds. The quantitative estimate of drug-likeness (QED) is 0.0344. The average Bonchev–Trinajstić information content (AvgIpc) is 3.04. The van der Waals surface area contributed by atoms with Crippen molar-refractivity contribution in [2.45, 2.75) is 168 Å². The monoisotopic (exact) mass is 658 g/mol. The molecule has 0 aromatic heterocycles. The molecule has 0 spiro atoms. The summed E-state index contributed by atoms with van der Waals surface area (Å²) in [5, 5.41) is 42.5. The fraction of sp³-hybridized carbons (Fsp3) is 0.882. The Kier molecular flexibility index (Phi) is 28.6. The summed E-state index contributed by atoms with van der Waals surface area (Å²) in [4.78, 5) is 47.8. The first-order valence-corrected chi connectivity index (χ1v) is 18.1. The molecule has 0 radical (unpaired) electrons. The number of carbonyl (C=O) groups excluding carboxylic acids is 4. The summed E-state index contributed by atoms with van der Waals surface area (Å²) in [5.41, 5.74) is 0. The van der Waals surface area contributed by atoms with Gasteiger partial charge in [-0.2, -0.15) is 0 Å². The molecule has 0 bridgehead atoms. The highest BCUT2D eigenvalue weighted by Crippen LogP contribution is 2.12. The van der Waals surface area contributed by atoms with E-state index >= 15 is 0 Å². The molecule has 0 aromatic rings. The Balaban J connectivity index is 3.65. The van der Waals surface area contributed by atoms with Gasteiger partial charge < -0.3 is 0 Å². The van der Waals surface area contributed by atoms with Crippen molar-refractivity contribution in [2.75, 3.05) is 26.2 Å². The Morgan fingerprint density at radius 3 is 0.848 bits per heavy atom. The molecule has 0 fully saturated rings. The van der Waals surface area contributed by atoms with Crippen molar-refractivity contribution in [2.24, 2.45) is 0 Å². The van der Waals surface area contributed by atoms with Crippen molar-refractivity contribution in [3.05, 3.63) is 0 Å².